The van der Waals surface area contributed by atoms with Gasteiger partial charge in [0.2, 0.25) is 0 Å². The summed E-state index contributed by atoms with van der Waals surface area (Å²) in [5.74, 6) is -0.342. The lowest BCUT2D eigenvalue weighted by Crippen LogP contribution is -2.39. The maximum absolute atomic E-state index is 12.1. The molecule has 0 spiro atoms. The van der Waals surface area contributed by atoms with Crippen LogP contribution in [0.2, 0.25) is 0 Å². The van der Waals surface area contributed by atoms with E-state index in [0.29, 0.717) is 18.0 Å². The molecule has 1 saturated heterocycles. The van der Waals surface area contributed by atoms with E-state index in [2.05, 4.69) is 6.07 Å². The lowest BCUT2D eigenvalue weighted by atomic mass is 10.00. The minimum atomic E-state index is -0.504. The number of nitriles is 1. The van der Waals surface area contributed by atoms with Crippen LogP contribution in [0.15, 0.2) is 12.1 Å². The van der Waals surface area contributed by atoms with Crippen molar-refractivity contribution in [2.24, 2.45) is 5.92 Å². The summed E-state index contributed by atoms with van der Waals surface area (Å²) in [6, 6.07) is 4.98. The van der Waals surface area contributed by atoms with Crippen LogP contribution in [0.25, 0.3) is 0 Å². The third-order valence-corrected chi connectivity index (χ3v) is 3.90. The number of hydrogen-bond acceptors (Lipinski definition) is 5. The van der Waals surface area contributed by atoms with Gasteiger partial charge in [0.25, 0.3) is 5.91 Å². The zero-order chi connectivity index (χ0) is 13.1. The molecular formula is C11H11N3O3S. The number of rotatable bonds is 2. The quantitative estimate of drug-likeness (QED) is 0.604. The Kier molecular flexibility index (Phi) is 3.58. The second-order valence-corrected chi connectivity index (χ2v) is 5.18. The smallest absolute Gasteiger partial charge is 0.324 e. The molecule has 18 heavy (non-hydrogen) atoms. The molecule has 6 nitrogen and oxygen atoms in total. The van der Waals surface area contributed by atoms with Gasteiger partial charge in [-0.05, 0) is 18.9 Å². The molecular weight excluding hydrogens is 254 g/mol. The van der Waals surface area contributed by atoms with E-state index in [4.69, 9.17) is 5.26 Å². The monoisotopic (exact) mass is 265 g/mol. The predicted octanol–water partition coefficient (Wildman–Crippen LogP) is 2.03. The number of likely N-dealkylation sites (tertiary alicyclic amines) is 1. The molecule has 7 heteroatoms. The van der Waals surface area contributed by atoms with Gasteiger partial charge in [-0.1, -0.05) is 11.3 Å². The minimum absolute atomic E-state index is 0.0350. The van der Waals surface area contributed by atoms with Crippen LogP contribution < -0.4 is 0 Å². The Labute approximate surface area is 108 Å². The molecule has 0 aliphatic carbocycles. The fourth-order valence-electron chi connectivity index (χ4n) is 1.96. The number of hydrogen-bond donors (Lipinski definition) is 0. The second-order valence-electron chi connectivity index (χ2n) is 4.11. The summed E-state index contributed by atoms with van der Waals surface area (Å²) in [6.45, 7) is 1.03. The van der Waals surface area contributed by atoms with Gasteiger partial charge in [0.05, 0.1) is 21.8 Å². The summed E-state index contributed by atoms with van der Waals surface area (Å²) in [5, 5.41) is 19.4. The molecule has 0 saturated carbocycles. The third-order valence-electron chi connectivity index (χ3n) is 2.87. The van der Waals surface area contributed by atoms with Crippen LogP contribution in [-0.2, 0) is 0 Å². The van der Waals surface area contributed by atoms with Gasteiger partial charge in [-0.15, -0.1) is 0 Å². The fourth-order valence-corrected chi connectivity index (χ4v) is 2.75. The fraction of sp³-hybridized carbons (Fsp3) is 0.455. The van der Waals surface area contributed by atoms with E-state index in [0.717, 1.165) is 24.2 Å². The molecule has 0 aromatic carbocycles. The number of piperidine rings is 1. The van der Waals surface area contributed by atoms with Gasteiger partial charge in [0.15, 0.2) is 0 Å². The summed E-state index contributed by atoms with van der Waals surface area (Å²) in [6.07, 6.45) is 1.61. The predicted molar refractivity (Wildman–Crippen MR) is 65.2 cm³/mol. The lowest BCUT2D eigenvalue weighted by Gasteiger charge is -2.29. The van der Waals surface area contributed by atoms with E-state index in [1.165, 1.54) is 12.1 Å². The summed E-state index contributed by atoms with van der Waals surface area (Å²) >= 11 is 0.878. The Morgan fingerprint density at radius 2 is 2.39 bits per heavy atom. The number of nitrogens with zero attached hydrogens (tertiary/aromatic N) is 3. The van der Waals surface area contributed by atoms with Crippen molar-refractivity contribution >= 4 is 22.2 Å². The third kappa shape index (κ3) is 2.49. The Hall–Kier alpha value is -1.94. The average molecular weight is 265 g/mol. The second kappa shape index (κ2) is 5.14. The number of thiophene rings is 1. The van der Waals surface area contributed by atoms with Crippen molar-refractivity contribution in [2.75, 3.05) is 13.1 Å². The first-order chi connectivity index (χ1) is 8.61. The van der Waals surface area contributed by atoms with Crippen molar-refractivity contribution in [2.45, 2.75) is 12.8 Å². The maximum Gasteiger partial charge on any atom is 0.324 e. The molecule has 0 radical (unpaired) electrons. The van der Waals surface area contributed by atoms with Crippen LogP contribution in [0.1, 0.15) is 22.5 Å². The highest BCUT2D eigenvalue weighted by Crippen LogP contribution is 2.26. The Balaban J connectivity index is 2.10. The molecule has 1 amide bonds. The van der Waals surface area contributed by atoms with Gasteiger partial charge in [0.1, 0.15) is 0 Å². The Morgan fingerprint density at radius 3 is 3.00 bits per heavy atom. The highest BCUT2D eigenvalue weighted by Gasteiger charge is 2.26. The summed E-state index contributed by atoms with van der Waals surface area (Å²) in [7, 11) is 0. The summed E-state index contributed by atoms with van der Waals surface area (Å²) in [4.78, 5) is 24.1. The maximum atomic E-state index is 12.1. The van der Waals surface area contributed by atoms with Crippen molar-refractivity contribution in [3.05, 3.63) is 27.1 Å². The molecule has 1 unspecified atom stereocenters. The van der Waals surface area contributed by atoms with Gasteiger partial charge in [-0.2, -0.15) is 5.26 Å². The van der Waals surface area contributed by atoms with Crippen LogP contribution in [0.4, 0.5) is 5.00 Å². The Morgan fingerprint density at radius 1 is 1.61 bits per heavy atom. The van der Waals surface area contributed by atoms with Gasteiger partial charge >= 0.3 is 5.00 Å². The first-order valence-corrected chi connectivity index (χ1v) is 6.36. The van der Waals surface area contributed by atoms with Crippen LogP contribution in [0, 0.1) is 27.4 Å². The summed E-state index contributed by atoms with van der Waals surface area (Å²) in [5.41, 5.74) is 0. The zero-order valence-corrected chi connectivity index (χ0v) is 10.4. The first-order valence-electron chi connectivity index (χ1n) is 5.55. The average Bonchev–Trinajstić information content (AvgIpc) is 2.87. The molecule has 0 N–H and O–H groups in total. The van der Waals surface area contributed by atoms with Crippen molar-refractivity contribution in [1.82, 2.24) is 4.90 Å². The van der Waals surface area contributed by atoms with Crippen LogP contribution in [-0.4, -0.2) is 28.8 Å². The molecule has 94 valence electrons. The lowest BCUT2D eigenvalue weighted by molar-refractivity contribution is -0.380. The summed E-state index contributed by atoms with van der Waals surface area (Å²) < 4.78 is 0. The highest BCUT2D eigenvalue weighted by atomic mass is 32.1. The molecule has 1 aliphatic heterocycles. The van der Waals surface area contributed by atoms with Gasteiger partial charge in [-0.25, -0.2) is 0 Å². The van der Waals surface area contributed by atoms with Gasteiger partial charge < -0.3 is 4.90 Å². The number of amides is 1. The number of nitro groups is 1. The normalized spacial score (nSPS) is 19.3. The molecule has 1 fully saturated rings. The van der Waals surface area contributed by atoms with E-state index in [9.17, 15) is 14.9 Å². The first kappa shape index (κ1) is 12.5. The molecule has 1 aliphatic rings. The van der Waals surface area contributed by atoms with Crippen molar-refractivity contribution in [1.29, 1.82) is 5.26 Å². The largest absolute Gasteiger partial charge is 0.337 e. The van der Waals surface area contributed by atoms with Gasteiger partial charge in [0, 0.05) is 19.2 Å². The van der Waals surface area contributed by atoms with E-state index in [1.807, 2.05) is 0 Å². The number of carbonyl (C=O) groups is 1. The van der Waals surface area contributed by atoms with Crippen LogP contribution >= 0.6 is 11.3 Å². The molecule has 2 rings (SSSR count). The molecule has 1 atom stereocenters. The molecule has 0 bridgehead atoms. The van der Waals surface area contributed by atoms with Crippen molar-refractivity contribution in [3.63, 3.8) is 0 Å². The van der Waals surface area contributed by atoms with E-state index in [-0.39, 0.29) is 16.8 Å². The highest BCUT2D eigenvalue weighted by molar-refractivity contribution is 7.17. The molecule has 2 heterocycles. The van der Waals surface area contributed by atoms with Crippen molar-refractivity contribution < 1.29 is 9.72 Å². The van der Waals surface area contributed by atoms with E-state index >= 15 is 0 Å². The topological polar surface area (TPSA) is 87.2 Å². The minimum Gasteiger partial charge on any atom is -0.337 e. The van der Waals surface area contributed by atoms with Crippen LogP contribution in [0.5, 0.6) is 0 Å². The van der Waals surface area contributed by atoms with Gasteiger partial charge in [-0.3, -0.25) is 14.9 Å². The van der Waals surface area contributed by atoms with E-state index in [1.54, 1.807) is 4.90 Å². The van der Waals surface area contributed by atoms with Crippen LogP contribution in [0.3, 0.4) is 0 Å². The zero-order valence-electron chi connectivity index (χ0n) is 9.54. The number of carbonyl (C=O) groups excluding carboxylic acids is 1. The molecule has 1 aromatic heterocycles. The molecule has 1 aromatic rings. The van der Waals surface area contributed by atoms with Crippen molar-refractivity contribution in [3.8, 4) is 6.07 Å². The van der Waals surface area contributed by atoms with E-state index < -0.39 is 4.92 Å². The SMILES string of the molecule is N#CC1CCCN(C(=O)c2ccc([N+](=O)[O-])s2)C1. The Bertz CT molecular complexity index is 520. The standard InChI is InChI=1S/C11H11N3O3S/c12-6-8-2-1-5-13(7-8)11(15)9-3-4-10(18-9)14(16)17/h3-4,8H,1-2,5,7H2.